The van der Waals surface area contributed by atoms with Crippen molar-refractivity contribution in [3.8, 4) is 0 Å². The largest absolute Gasteiger partial charge is 0.513 e. The van der Waals surface area contributed by atoms with E-state index in [0.717, 1.165) is 47.5 Å². The van der Waals surface area contributed by atoms with Crippen LogP contribution in [0.25, 0.3) is 5.57 Å². The summed E-state index contributed by atoms with van der Waals surface area (Å²) in [5.41, 5.74) is 3.30. The fourth-order valence-electron chi connectivity index (χ4n) is 3.68. The second kappa shape index (κ2) is 8.83. The summed E-state index contributed by atoms with van der Waals surface area (Å²) in [5.74, 6) is 3.04. The number of carbonyl (C=O) groups is 2. The van der Waals surface area contributed by atoms with Gasteiger partial charge in [0.15, 0.2) is 0 Å². The fourth-order valence-corrected chi connectivity index (χ4v) is 4.89. The molecule has 1 unspecified atom stereocenters. The summed E-state index contributed by atoms with van der Waals surface area (Å²) in [7, 11) is 0. The van der Waals surface area contributed by atoms with Crippen LogP contribution in [0.2, 0.25) is 0 Å². The maximum Gasteiger partial charge on any atom is 0.513 e. The smallest absolute Gasteiger partial charge is 0.434 e. The Balaban J connectivity index is 1.96. The first-order valence-electron chi connectivity index (χ1n) is 9.54. The number of hydrogen-bond acceptors (Lipinski definition) is 5. The number of thioether (sulfide) groups is 1. The van der Waals surface area contributed by atoms with Crippen LogP contribution in [0.3, 0.4) is 0 Å². The molecule has 1 amide bonds. The summed E-state index contributed by atoms with van der Waals surface area (Å²) < 4.78 is 10.5. The van der Waals surface area contributed by atoms with Crippen molar-refractivity contribution >= 4 is 29.4 Å². The maximum absolute atomic E-state index is 12.8. The lowest BCUT2D eigenvalue weighted by atomic mass is 9.92. The van der Waals surface area contributed by atoms with Crippen LogP contribution in [0.4, 0.5) is 4.79 Å². The molecular weight excluding hydrogens is 362 g/mol. The van der Waals surface area contributed by atoms with Gasteiger partial charge in [-0.3, -0.25) is 4.79 Å². The standard InChI is InChI=1S/C21H27NO4S/c1-4-25-21(24)26-19-17(12-15-7-9-27-10-8-15)22-20(23)18(19)16-11-13(2)5-6-14(16)3/h5-6,11,15,17H,4,7-10,12H2,1-3H3,(H,22,23). The Labute approximate surface area is 164 Å². The van der Waals surface area contributed by atoms with Crippen LogP contribution < -0.4 is 5.32 Å². The van der Waals surface area contributed by atoms with E-state index < -0.39 is 6.16 Å². The second-order valence-corrected chi connectivity index (χ2v) is 8.38. The number of ether oxygens (including phenoxy) is 2. The van der Waals surface area contributed by atoms with E-state index in [1.807, 2.05) is 43.8 Å². The molecule has 0 bridgehead atoms. The molecule has 1 saturated heterocycles. The molecule has 0 aliphatic carbocycles. The van der Waals surface area contributed by atoms with Crippen molar-refractivity contribution in [3.05, 3.63) is 40.6 Å². The second-order valence-electron chi connectivity index (χ2n) is 7.16. The first-order valence-corrected chi connectivity index (χ1v) is 10.7. The topological polar surface area (TPSA) is 64.6 Å². The molecule has 3 rings (SSSR count). The van der Waals surface area contributed by atoms with Gasteiger partial charge in [-0.2, -0.15) is 11.8 Å². The molecular formula is C21H27NO4S. The number of aryl methyl sites for hydroxylation is 2. The van der Waals surface area contributed by atoms with E-state index in [-0.39, 0.29) is 18.6 Å². The van der Waals surface area contributed by atoms with Gasteiger partial charge >= 0.3 is 6.16 Å². The van der Waals surface area contributed by atoms with Crippen LogP contribution in [-0.2, 0) is 14.3 Å². The van der Waals surface area contributed by atoms with E-state index in [4.69, 9.17) is 9.47 Å². The molecule has 6 heteroatoms. The van der Waals surface area contributed by atoms with Crippen molar-refractivity contribution in [3.63, 3.8) is 0 Å². The van der Waals surface area contributed by atoms with Crippen molar-refractivity contribution in [2.75, 3.05) is 18.1 Å². The quantitative estimate of drug-likeness (QED) is 0.764. The molecule has 0 radical (unpaired) electrons. The SMILES string of the molecule is CCOC(=O)OC1=C(c2cc(C)ccc2C)C(=O)NC1CC1CCSCC1. The van der Waals surface area contributed by atoms with E-state index in [2.05, 4.69) is 5.32 Å². The summed E-state index contributed by atoms with van der Waals surface area (Å²) in [5, 5.41) is 3.04. The van der Waals surface area contributed by atoms with Gasteiger partial charge in [-0.25, -0.2) is 4.79 Å². The van der Waals surface area contributed by atoms with Crippen LogP contribution in [0.15, 0.2) is 24.0 Å². The Morgan fingerprint density at radius 3 is 2.70 bits per heavy atom. The predicted molar refractivity (Wildman–Crippen MR) is 108 cm³/mol. The lowest BCUT2D eigenvalue weighted by Gasteiger charge is -2.25. The van der Waals surface area contributed by atoms with Gasteiger partial charge in [-0.05, 0) is 68.6 Å². The van der Waals surface area contributed by atoms with Crippen LogP contribution >= 0.6 is 11.8 Å². The zero-order chi connectivity index (χ0) is 19.4. The van der Waals surface area contributed by atoms with Gasteiger partial charge < -0.3 is 14.8 Å². The Kier molecular flexibility index (Phi) is 6.47. The number of hydrogen-bond donors (Lipinski definition) is 1. The van der Waals surface area contributed by atoms with Gasteiger partial charge in [-0.1, -0.05) is 23.8 Å². The first kappa shape index (κ1) is 19.8. The van der Waals surface area contributed by atoms with Crippen molar-refractivity contribution < 1.29 is 19.1 Å². The average Bonchev–Trinajstić information content (AvgIpc) is 2.93. The molecule has 2 aliphatic rings. The van der Waals surface area contributed by atoms with Crippen molar-refractivity contribution in [1.29, 1.82) is 0 Å². The molecule has 0 aromatic heterocycles. The number of rotatable bonds is 5. The van der Waals surface area contributed by atoms with Crippen molar-refractivity contribution in [1.82, 2.24) is 5.32 Å². The van der Waals surface area contributed by atoms with Crippen LogP contribution in [0.1, 0.15) is 42.9 Å². The van der Waals surface area contributed by atoms with E-state index in [1.165, 1.54) is 0 Å². The minimum Gasteiger partial charge on any atom is -0.434 e. The molecule has 5 nitrogen and oxygen atoms in total. The van der Waals surface area contributed by atoms with E-state index in [0.29, 0.717) is 17.3 Å². The van der Waals surface area contributed by atoms with Gasteiger partial charge in [0.1, 0.15) is 5.76 Å². The zero-order valence-corrected chi connectivity index (χ0v) is 17.0. The maximum atomic E-state index is 12.8. The number of amides is 1. The van der Waals surface area contributed by atoms with Crippen molar-refractivity contribution in [2.45, 2.75) is 46.1 Å². The lowest BCUT2D eigenvalue weighted by Crippen LogP contribution is -2.32. The van der Waals surface area contributed by atoms with Crippen molar-refractivity contribution in [2.24, 2.45) is 5.92 Å². The van der Waals surface area contributed by atoms with E-state index >= 15 is 0 Å². The molecule has 0 saturated carbocycles. The summed E-state index contributed by atoms with van der Waals surface area (Å²) >= 11 is 1.97. The third-order valence-electron chi connectivity index (χ3n) is 5.12. The predicted octanol–water partition coefficient (Wildman–Crippen LogP) is 4.22. The van der Waals surface area contributed by atoms with Crippen LogP contribution in [0, 0.1) is 19.8 Å². The molecule has 0 spiro atoms. The lowest BCUT2D eigenvalue weighted by molar-refractivity contribution is -0.115. The minimum atomic E-state index is -0.754. The number of nitrogens with one attached hydrogen (secondary N) is 1. The monoisotopic (exact) mass is 389 g/mol. The third kappa shape index (κ3) is 4.67. The third-order valence-corrected chi connectivity index (χ3v) is 6.17. The first-order chi connectivity index (χ1) is 13.0. The van der Waals surface area contributed by atoms with Gasteiger partial charge in [0.05, 0.1) is 18.2 Å². The molecule has 1 fully saturated rings. The molecule has 146 valence electrons. The van der Waals surface area contributed by atoms with Gasteiger partial charge in [-0.15, -0.1) is 0 Å². The molecule has 1 atom stereocenters. The Morgan fingerprint density at radius 1 is 1.26 bits per heavy atom. The summed E-state index contributed by atoms with van der Waals surface area (Å²) in [6, 6.07) is 5.68. The molecule has 1 N–H and O–H groups in total. The highest BCUT2D eigenvalue weighted by Crippen LogP contribution is 2.35. The number of carbonyl (C=O) groups excluding carboxylic acids is 2. The highest BCUT2D eigenvalue weighted by Gasteiger charge is 2.38. The Hall–Kier alpha value is -1.95. The molecule has 1 aromatic rings. The van der Waals surface area contributed by atoms with E-state index in [1.54, 1.807) is 6.92 Å². The van der Waals surface area contributed by atoms with Crippen LogP contribution in [0.5, 0.6) is 0 Å². The van der Waals surface area contributed by atoms with Gasteiger partial charge in [0.25, 0.3) is 5.91 Å². The average molecular weight is 390 g/mol. The zero-order valence-electron chi connectivity index (χ0n) is 16.2. The number of benzene rings is 1. The van der Waals surface area contributed by atoms with Gasteiger partial charge in [0.2, 0.25) is 0 Å². The minimum absolute atomic E-state index is 0.182. The molecule has 2 aliphatic heterocycles. The Bertz CT molecular complexity index is 753. The van der Waals surface area contributed by atoms with E-state index in [9.17, 15) is 9.59 Å². The highest BCUT2D eigenvalue weighted by molar-refractivity contribution is 7.99. The summed E-state index contributed by atoms with van der Waals surface area (Å²) in [4.78, 5) is 24.9. The summed E-state index contributed by atoms with van der Waals surface area (Å²) in [6.07, 6.45) is 2.29. The van der Waals surface area contributed by atoms with Crippen LogP contribution in [-0.4, -0.2) is 36.2 Å². The Morgan fingerprint density at radius 2 is 2.00 bits per heavy atom. The highest BCUT2D eigenvalue weighted by atomic mass is 32.2. The fraction of sp³-hybridized carbons (Fsp3) is 0.524. The normalized spacial score (nSPS) is 20.6. The summed E-state index contributed by atoms with van der Waals surface area (Å²) in [6.45, 7) is 5.91. The molecule has 2 heterocycles. The van der Waals surface area contributed by atoms with Gasteiger partial charge in [0, 0.05) is 0 Å². The molecule has 27 heavy (non-hydrogen) atoms. The molecule has 1 aromatic carbocycles.